The highest BCUT2D eigenvalue weighted by Gasteiger charge is 2.32. The summed E-state index contributed by atoms with van der Waals surface area (Å²) in [5.41, 5.74) is 0.441. The van der Waals surface area contributed by atoms with E-state index in [9.17, 15) is 13.2 Å². The Kier molecular flexibility index (Phi) is 3.83. The highest BCUT2D eigenvalue weighted by Crippen LogP contribution is 2.34. The van der Waals surface area contributed by atoms with Gasteiger partial charge in [0.2, 0.25) is 0 Å². The van der Waals surface area contributed by atoms with Gasteiger partial charge in [0, 0.05) is 10.9 Å². The Labute approximate surface area is 95.5 Å². The highest BCUT2D eigenvalue weighted by molar-refractivity contribution is 9.10. The predicted octanol–water partition coefficient (Wildman–Crippen LogP) is 4.24. The summed E-state index contributed by atoms with van der Waals surface area (Å²) in [7, 11) is 0. The van der Waals surface area contributed by atoms with Crippen LogP contribution in [0.3, 0.4) is 0 Å². The summed E-state index contributed by atoms with van der Waals surface area (Å²) >= 11 is 6.08. The first-order valence-corrected chi connectivity index (χ1v) is 5.44. The van der Waals surface area contributed by atoms with Crippen LogP contribution >= 0.6 is 31.9 Å². The number of alkyl halides is 4. The highest BCUT2D eigenvalue weighted by atomic mass is 79.9. The summed E-state index contributed by atoms with van der Waals surface area (Å²) in [6.07, 6.45) is -4.67. The number of rotatable bonds is 2. The first-order valence-electron chi connectivity index (χ1n) is 3.53. The van der Waals surface area contributed by atoms with E-state index in [-0.39, 0.29) is 10.2 Å². The van der Waals surface area contributed by atoms with Gasteiger partial charge in [0.1, 0.15) is 5.75 Å². The standard InChI is InChI=1S/C8H5Br2F3O/c9-4-5-2-1-3-6(10)7(5)14-8(11,12)13/h1-3H,4H2. The molecule has 0 N–H and O–H groups in total. The summed E-state index contributed by atoms with van der Waals surface area (Å²) in [5, 5.41) is 0.303. The van der Waals surface area contributed by atoms with E-state index < -0.39 is 6.36 Å². The first-order chi connectivity index (χ1) is 6.44. The van der Waals surface area contributed by atoms with Crippen LogP contribution in [0, 0.1) is 0 Å². The molecule has 0 atom stereocenters. The molecular formula is C8H5Br2F3O. The lowest BCUT2D eigenvalue weighted by atomic mass is 10.2. The van der Waals surface area contributed by atoms with Crippen molar-refractivity contribution in [3.05, 3.63) is 28.2 Å². The fourth-order valence-electron chi connectivity index (χ4n) is 0.889. The average Bonchev–Trinajstić information content (AvgIpc) is 2.06. The van der Waals surface area contributed by atoms with Gasteiger partial charge in [-0.2, -0.15) is 0 Å². The van der Waals surface area contributed by atoms with Crippen LogP contribution in [0.4, 0.5) is 13.2 Å². The molecule has 0 fully saturated rings. The van der Waals surface area contributed by atoms with E-state index in [2.05, 4.69) is 36.6 Å². The molecule has 0 radical (unpaired) electrons. The van der Waals surface area contributed by atoms with Gasteiger partial charge in [0.05, 0.1) is 4.47 Å². The van der Waals surface area contributed by atoms with E-state index in [1.54, 1.807) is 12.1 Å². The fraction of sp³-hybridized carbons (Fsp3) is 0.250. The molecule has 14 heavy (non-hydrogen) atoms. The second kappa shape index (κ2) is 4.53. The molecule has 0 aliphatic carbocycles. The Bertz CT molecular complexity index is 325. The molecule has 6 heteroatoms. The van der Waals surface area contributed by atoms with Crippen LogP contribution < -0.4 is 4.74 Å². The number of hydrogen-bond acceptors (Lipinski definition) is 1. The molecule has 1 aromatic rings. The van der Waals surface area contributed by atoms with Gasteiger partial charge in [-0.25, -0.2) is 0 Å². The lowest BCUT2D eigenvalue weighted by molar-refractivity contribution is -0.275. The lowest BCUT2D eigenvalue weighted by Crippen LogP contribution is -2.18. The van der Waals surface area contributed by atoms with E-state index in [1.807, 2.05) is 0 Å². The number of ether oxygens (including phenoxy) is 1. The first kappa shape index (κ1) is 11.8. The zero-order chi connectivity index (χ0) is 10.8. The second-order valence-electron chi connectivity index (χ2n) is 2.41. The molecule has 1 rings (SSSR count). The Balaban J connectivity index is 3.05. The van der Waals surface area contributed by atoms with Gasteiger partial charge in [-0.3, -0.25) is 0 Å². The van der Waals surface area contributed by atoms with Gasteiger partial charge >= 0.3 is 6.36 Å². The van der Waals surface area contributed by atoms with Crippen LogP contribution in [0.25, 0.3) is 0 Å². The van der Waals surface area contributed by atoms with Gasteiger partial charge in [-0.15, -0.1) is 13.2 Å². The molecule has 78 valence electrons. The minimum atomic E-state index is -4.67. The predicted molar refractivity (Wildman–Crippen MR) is 53.5 cm³/mol. The Morgan fingerprint density at radius 1 is 1.29 bits per heavy atom. The van der Waals surface area contributed by atoms with Gasteiger partial charge in [0.25, 0.3) is 0 Å². The fourth-order valence-corrected chi connectivity index (χ4v) is 1.82. The van der Waals surface area contributed by atoms with Crippen molar-refractivity contribution in [1.29, 1.82) is 0 Å². The maximum atomic E-state index is 12.0. The smallest absolute Gasteiger partial charge is 0.404 e. The monoisotopic (exact) mass is 332 g/mol. The molecule has 0 saturated carbocycles. The molecule has 0 unspecified atom stereocenters. The number of para-hydroxylation sites is 1. The van der Waals surface area contributed by atoms with Crippen molar-refractivity contribution < 1.29 is 17.9 Å². The van der Waals surface area contributed by atoms with Crippen molar-refractivity contribution in [3.63, 3.8) is 0 Å². The van der Waals surface area contributed by atoms with Crippen molar-refractivity contribution in [3.8, 4) is 5.75 Å². The molecule has 1 aromatic carbocycles. The SMILES string of the molecule is FC(F)(F)Oc1c(Br)cccc1CBr. The topological polar surface area (TPSA) is 9.23 Å². The van der Waals surface area contributed by atoms with E-state index in [0.717, 1.165) is 0 Å². The summed E-state index contributed by atoms with van der Waals surface area (Å²) in [4.78, 5) is 0. The summed E-state index contributed by atoms with van der Waals surface area (Å²) in [6, 6.07) is 4.69. The lowest BCUT2D eigenvalue weighted by Gasteiger charge is -2.13. The third kappa shape index (κ3) is 3.16. The third-order valence-electron chi connectivity index (χ3n) is 1.41. The molecule has 0 bridgehead atoms. The normalized spacial score (nSPS) is 11.5. The zero-order valence-electron chi connectivity index (χ0n) is 6.74. The van der Waals surface area contributed by atoms with E-state index >= 15 is 0 Å². The molecule has 0 aromatic heterocycles. The molecule has 0 heterocycles. The number of hydrogen-bond donors (Lipinski definition) is 0. The molecule has 0 saturated heterocycles. The Hall–Kier alpha value is -0.230. The van der Waals surface area contributed by atoms with Gasteiger partial charge in [0.15, 0.2) is 0 Å². The Morgan fingerprint density at radius 2 is 1.93 bits per heavy atom. The van der Waals surface area contributed by atoms with Crippen LogP contribution in [0.5, 0.6) is 5.75 Å². The van der Waals surface area contributed by atoms with Crippen molar-refractivity contribution in [2.24, 2.45) is 0 Å². The van der Waals surface area contributed by atoms with Crippen LogP contribution in [0.15, 0.2) is 22.7 Å². The van der Waals surface area contributed by atoms with Gasteiger partial charge in [-0.05, 0) is 22.0 Å². The molecule has 0 spiro atoms. The minimum Gasteiger partial charge on any atom is -0.404 e. The van der Waals surface area contributed by atoms with Crippen molar-refractivity contribution in [2.45, 2.75) is 11.7 Å². The average molecular weight is 334 g/mol. The van der Waals surface area contributed by atoms with Crippen LogP contribution in [0.2, 0.25) is 0 Å². The van der Waals surface area contributed by atoms with E-state index in [4.69, 9.17) is 0 Å². The van der Waals surface area contributed by atoms with Crippen LogP contribution in [-0.4, -0.2) is 6.36 Å². The third-order valence-corrected chi connectivity index (χ3v) is 2.64. The number of halogens is 5. The molecular weight excluding hydrogens is 329 g/mol. The quantitative estimate of drug-likeness (QED) is 0.735. The Morgan fingerprint density at radius 3 is 2.43 bits per heavy atom. The summed E-state index contributed by atoms with van der Waals surface area (Å²) < 4.78 is 40.1. The molecule has 0 aliphatic heterocycles. The minimum absolute atomic E-state index is 0.197. The van der Waals surface area contributed by atoms with Crippen molar-refractivity contribution in [1.82, 2.24) is 0 Å². The molecule has 1 nitrogen and oxygen atoms in total. The largest absolute Gasteiger partial charge is 0.573 e. The zero-order valence-corrected chi connectivity index (χ0v) is 9.91. The van der Waals surface area contributed by atoms with E-state index in [1.165, 1.54) is 6.07 Å². The van der Waals surface area contributed by atoms with Gasteiger partial charge < -0.3 is 4.74 Å². The van der Waals surface area contributed by atoms with E-state index in [0.29, 0.717) is 10.9 Å². The van der Waals surface area contributed by atoms with Gasteiger partial charge in [-0.1, -0.05) is 28.1 Å². The molecule has 0 aliphatic rings. The summed E-state index contributed by atoms with van der Waals surface area (Å²) in [6.45, 7) is 0. The number of benzene rings is 1. The maximum Gasteiger partial charge on any atom is 0.573 e. The van der Waals surface area contributed by atoms with Crippen molar-refractivity contribution in [2.75, 3.05) is 0 Å². The summed E-state index contributed by atoms with van der Waals surface area (Å²) in [5.74, 6) is -0.197. The second-order valence-corrected chi connectivity index (χ2v) is 3.82. The maximum absolute atomic E-state index is 12.0. The van der Waals surface area contributed by atoms with Crippen LogP contribution in [-0.2, 0) is 5.33 Å². The molecule has 0 amide bonds. The van der Waals surface area contributed by atoms with Crippen molar-refractivity contribution >= 4 is 31.9 Å². The van der Waals surface area contributed by atoms with Crippen LogP contribution in [0.1, 0.15) is 5.56 Å².